The zero-order chi connectivity index (χ0) is 18.9. The van der Waals surface area contributed by atoms with E-state index >= 15 is 0 Å². The zero-order valence-corrected chi connectivity index (χ0v) is 15.4. The Morgan fingerprint density at radius 3 is 2.04 bits per heavy atom. The van der Waals surface area contributed by atoms with E-state index in [1.54, 1.807) is 0 Å². The van der Waals surface area contributed by atoms with Gasteiger partial charge in [-0.05, 0) is 37.7 Å². The molecule has 0 radical (unpaired) electrons. The molecule has 0 saturated heterocycles. The lowest BCUT2D eigenvalue weighted by atomic mass is 10.0. The maximum absolute atomic E-state index is 12.4. The molecular weight excluding hydrogens is 334 g/mol. The second kappa shape index (κ2) is 11.3. The highest BCUT2D eigenvalue weighted by Crippen LogP contribution is 2.07. The van der Waals surface area contributed by atoms with Gasteiger partial charge in [0.15, 0.2) is 0 Å². The van der Waals surface area contributed by atoms with Crippen molar-refractivity contribution >= 4 is 29.5 Å². The van der Waals surface area contributed by atoms with Gasteiger partial charge in [-0.3, -0.25) is 9.59 Å². The number of nitrogens with one attached hydrogen (secondary N) is 2. The van der Waals surface area contributed by atoms with E-state index in [2.05, 4.69) is 10.6 Å². The van der Waals surface area contributed by atoms with E-state index in [1.807, 2.05) is 20.1 Å². The van der Waals surface area contributed by atoms with Gasteiger partial charge in [0, 0.05) is 0 Å². The molecule has 0 aliphatic carbocycles. The summed E-state index contributed by atoms with van der Waals surface area (Å²) in [4.78, 5) is 35.6. The number of nitrogens with two attached hydrogens (primary N) is 1. The van der Waals surface area contributed by atoms with Crippen molar-refractivity contribution in [3.8, 4) is 0 Å². The molecule has 8 nitrogen and oxygen atoms in total. The number of hydrogen-bond donors (Lipinski definition) is 5. The highest BCUT2D eigenvalue weighted by atomic mass is 32.2. The van der Waals surface area contributed by atoms with Gasteiger partial charge >= 0.3 is 5.97 Å². The summed E-state index contributed by atoms with van der Waals surface area (Å²) in [6, 6.07) is -3.07. The Morgan fingerprint density at radius 1 is 1.08 bits per heavy atom. The molecule has 4 atom stereocenters. The van der Waals surface area contributed by atoms with Gasteiger partial charge in [-0.2, -0.15) is 11.8 Å². The molecule has 0 saturated carbocycles. The summed E-state index contributed by atoms with van der Waals surface area (Å²) in [6.45, 7) is 5.10. The van der Waals surface area contributed by atoms with E-state index < -0.39 is 42.0 Å². The predicted octanol–water partition coefficient (Wildman–Crippen LogP) is -0.452. The molecule has 6 N–H and O–H groups in total. The molecule has 0 aliphatic rings. The largest absolute Gasteiger partial charge is 0.480 e. The summed E-state index contributed by atoms with van der Waals surface area (Å²) < 4.78 is 0. The van der Waals surface area contributed by atoms with Crippen molar-refractivity contribution < 1.29 is 24.6 Å². The van der Waals surface area contributed by atoms with Crippen molar-refractivity contribution in [3.05, 3.63) is 0 Å². The molecule has 0 aromatic heterocycles. The van der Waals surface area contributed by atoms with Gasteiger partial charge in [0.25, 0.3) is 0 Å². The molecule has 0 heterocycles. The Balaban J connectivity index is 4.97. The highest BCUT2D eigenvalue weighted by Gasteiger charge is 2.29. The van der Waals surface area contributed by atoms with E-state index in [-0.39, 0.29) is 12.3 Å². The minimum absolute atomic E-state index is 0.0919. The molecule has 0 fully saturated rings. The van der Waals surface area contributed by atoms with Crippen LogP contribution < -0.4 is 16.4 Å². The second-order valence-electron chi connectivity index (χ2n) is 6.14. The first kappa shape index (κ1) is 22.7. The maximum Gasteiger partial charge on any atom is 0.326 e. The lowest BCUT2D eigenvalue weighted by molar-refractivity contribution is -0.142. The summed E-state index contributed by atoms with van der Waals surface area (Å²) in [6.07, 6.45) is 1.43. The molecule has 140 valence electrons. The van der Waals surface area contributed by atoms with Crippen molar-refractivity contribution in [3.63, 3.8) is 0 Å². The van der Waals surface area contributed by atoms with Crippen molar-refractivity contribution in [2.75, 3.05) is 12.0 Å². The molecular formula is C15H29N3O5S. The molecule has 0 aromatic rings. The minimum Gasteiger partial charge on any atom is -0.480 e. The van der Waals surface area contributed by atoms with Crippen LogP contribution in [0.15, 0.2) is 0 Å². The van der Waals surface area contributed by atoms with E-state index in [0.29, 0.717) is 12.2 Å². The molecule has 0 rings (SSSR count). The van der Waals surface area contributed by atoms with Crippen LogP contribution in [0.3, 0.4) is 0 Å². The molecule has 24 heavy (non-hydrogen) atoms. The number of carboxylic acid groups (broad SMARTS) is 1. The fraction of sp³-hybridized carbons (Fsp3) is 0.800. The topological polar surface area (TPSA) is 142 Å². The van der Waals surface area contributed by atoms with Gasteiger partial charge in [-0.1, -0.05) is 13.8 Å². The fourth-order valence-electron chi connectivity index (χ4n) is 1.96. The average molecular weight is 363 g/mol. The van der Waals surface area contributed by atoms with Gasteiger partial charge in [0.2, 0.25) is 11.8 Å². The van der Waals surface area contributed by atoms with Gasteiger partial charge in [0.05, 0.1) is 6.10 Å². The third-order valence-electron chi connectivity index (χ3n) is 3.39. The van der Waals surface area contributed by atoms with Crippen molar-refractivity contribution in [1.82, 2.24) is 10.6 Å². The van der Waals surface area contributed by atoms with Crippen LogP contribution in [0.2, 0.25) is 0 Å². The number of aliphatic carboxylic acids is 1. The van der Waals surface area contributed by atoms with Crippen LogP contribution in [0.25, 0.3) is 0 Å². The van der Waals surface area contributed by atoms with E-state index in [9.17, 15) is 24.6 Å². The number of carboxylic acids is 1. The Labute approximate surface area is 146 Å². The second-order valence-corrected chi connectivity index (χ2v) is 7.12. The normalized spacial score (nSPS) is 16.1. The Morgan fingerprint density at radius 2 is 1.62 bits per heavy atom. The van der Waals surface area contributed by atoms with Crippen molar-refractivity contribution in [1.29, 1.82) is 0 Å². The van der Waals surface area contributed by atoms with Crippen molar-refractivity contribution in [2.45, 2.75) is 57.8 Å². The van der Waals surface area contributed by atoms with Crippen LogP contribution >= 0.6 is 11.8 Å². The standard InChI is InChI=1S/C15H29N3O5S/c1-8(2)7-11(15(22)23)18-13(20)10(5-6-24-4)17-14(21)12(16)9(3)19/h8-12,19H,5-7,16H2,1-4H3,(H,17,21)(H,18,20)(H,22,23)/t9-,10+,11+,12+/m1/s1. The molecule has 2 amide bonds. The van der Waals surface area contributed by atoms with Gasteiger partial charge in [0.1, 0.15) is 18.1 Å². The quantitative estimate of drug-likeness (QED) is 0.334. The number of carbonyl (C=O) groups excluding carboxylic acids is 2. The number of amides is 2. The third kappa shape index (κ3) is 8.51. The SMILES string of the molecule is CSCC[C@H](NC(=O)[C@@H](N)[C@@H](C)O)C(=O)N[C@@H](CC(C)C)C(=O)O. The number of carbonyl (C=O) groups is 3. The van der Waals surface area contributed by atoms with Gasteiger partial charge in [-0.15, -0.1) is 0 Å². The van der Waals surface area contributed by atoms with Gasteiger partial charge in [-0.25, -0.2) is 4.79 Å². The Hall–Kier alpha value is -1.32. The van der Waals surface area contributed by atoms with Crippen LogP contribution in [-0.4, -0.2) is 64.2 Å². The molecule has 0 spiro atoms. The Bertz CT molecular complexity index is 431. The number of aliphatic hydroxyl groups excluding tert-OH is 1. The molecule has 0 aromatic carbocycles. The molecule has 9 heteroatoms. The van der Waals surface area contributed by atoms with Gasteiger partial charge < -0.3 is 26.6 Å². The van der Waals surface area contributed by atoms with Crippen LogP contribution in [0.4, 0.5) is 0 Å². The third-order valence-corrected chi connectivity index (χ3v) is 4.03. The lowest BCUT2D eigenvalue weighted by Crippen LogP contribution is -2.56. The molecule has 0 aliphatic heterocycles. The van der Waals surface area contributed by atoms with Crippen LogP contribution in [0.1, 0.15) is 33.6 Å². The first-order valence-corrected chi connectivity index (χ1v) is 9.25. The van der Waals surface area contributed by atoms with Crippen molar-refractivity contribution in [2.24, 2.45) is 11.7 Å². The summed E-state index contributed by atoms with van der Waals surface area (Å²) in [5.41, 5.74) is 5.56. The first-order chi connectivity index (χ1) is 11.1. The smallest absolute Gasteiger partial charge is 0.326 e. The number of hydrogen-bond acceptors (Lipinski definition) is 6. The fourth-order valence-corrected chi connectivity index (χ4v) is 2.43. The number of rotatable bonds is 11. The summed E-state index contributed by atoms with van der Waals surface area (Å²) >= 11 is 1.50. The molecule has 0 bridgehead atoms. The summed E-state index contributed by atoms with van der Waals surface area (Å²) in [7, 11) is 0. The monoisotopic (exact) mass is 363 g/mol. The maximum atomic E-state index is 12.4. The number of aliphatic hydroxyl groups is 1. The average Bonchev–Trinajstić information content (AvgIpc) is 2.48. The first-order valence-electron chi connectivity index (χ1n) is 7.86. The predicted molar refractivity (Wildman–Crippen MR) is 93.6 cm³/mol. The lowest BCUT2D eigenvalue weighted by Gasteiger charge is -2.24. The van der Waals surface area contributed by atoms with Crippen LogP contribution in [0, 0.1) is 5.92 Å². The van der Waals surface area contributed by atoms with Crippen LogP contribution in [-0.2, 0) is 14.4 Å². The number of thioether (sulfide) groups is 1. The van der Waals surface area contributed by atoms with E-state index in [4.69, 9.17) is 5.73 Å². The highest BCUT2D eigenvalue weighted by molar-refractivity contribution is 7.98. The zero-order valence-electron chi connectivity index (χ0n) is 14.6. The van der Waals surface area contributed by atoms with E-state index in [1.165, 1.54) is 18.7 Å². The minimum atomic E-state index is -1.15. The van der Waals surface area contributed by atoms with Crippen LogP contribution in [0.5, 0.6) is 0 Å². The Kier molecular flexibility index (Phi) is 10.7. The summed E-state index contributed by atoms with van der Waals surface area (Å²) in [5, 5.41) is 23.5. The summed E-state index contributed by atoms with van der Waals surface area (Å²) in [5.74, 6) is -1.64. The van der Waals surface area contributed by atoms with E-state index in [0.717, 1.165) is 0 Å². The molecule has 0 unspecified atom stereocenters.